The highest BCUT2D eigenvalue weighted by atomic mass is 16.4. The Kier molecular flexibility index (Phi) is 2.61. The number of rotatable bonds is 1. The van der Waals surface area contributed by atoms with Crippen molar-refractivity contribution in [3.8, 4) is 28.4 Å². The maximum absolute atomic E-state index is 12.0. The lowest BCUT2D eigenvalue weighted by atomic mass is 10.1. The highest BCUT2D eigenvalue weighted by Crippen LogP contribution is 2.31. The maximum atomic E-state index is 12.0. The second-order valence-corrected chi connectivity index (χ2v) is 4.38. The summed E-state index contributed by atoms with van der Waals surface area (Å²) in [4.78, 5) is 12.0. The maximum Gasteiger partial charge on any atom is 0.344 e. The topological polar surface area (TPSA) is 90.9 Å². The van der Waals surface area contributed by atoms with Gasteiger partial charge in [0.05, 0.1) is 5.56 Å². The van der Waals surface area contributed by atoms with Crippen LogP contribution in [0.15, 0.2) is 51.7 Å². The Hall–Kier alpha value is -2.95. The summed E-state index contributed by atoms with van der Waals surface area (Å²) in [6.07, 6.45) is 0. The molecule has 0 aliphatic carbocycles. The first-order valence-electron chi connectivity index (χ1n) is 5.84. The first kappa shape index (κ1) is 12.1. The van der Waals surface area contributed by atoms with E-state index in [0.29, 0.717) is 10.9 Å². The van der Waals surface area contributed by atoms with Crippen LogP contribution in [-0.2, 0) is 0 Å². The zero-order chi connectivity index (χ0) is 14.3. The van der Waals surface area contributed by atoms with Gasteiger partial charge in [-0.05, 0) is 29.8 Å². The first-order chi connectivity index (χ1) is 9.54. The molecule has 3 N–H and O–H groups in total. The van der Waals surface area contributed by atoms with Gasteiger partial charge < -0.3 is 19.7 Å². The largest absolute Gasteiger partial charge is 0.508 e. The summed E-state index contributed by atoms with van der Waals surface area (Å²) in [5, 5.41) is 28.8. The number of hydrogen-bond acceptors (Lipinski definition) is 5. The van der Waals surface area contributed by atoms with Gasteiger partial charge in [-0.15, -0.1) is 0 Å². The fourth-order valence-electron chi connectivity index (χ4n) is 2.04. The molecular weight excluding hydrogens is 260 g/mol. The van der Waals surface area contributed by atoms with Crippen LogP contribution in [0.3, 0.4) is 0 Å². The Morgan fingerprint density at radius 2 is 1.55 bits per heavy atom. The highest BCUT2D eigenvalue weighted by molar-refractivity contribution is 5.87. The summed E-state index contributed by atoms with van der Waals surface area (Å²) >= 11 is 0. The number of aromatic hydroxyl groups is 3. The second kappa shape index (κ2) is 4.31. The molecule has 0 saturated heterocycles. The summed E-state index contributed by atoms with van der Waals surface area (Å²) in [6, 6.07) is 10.1. The average Bonchev–Trinajstić information content (AvgIpc) is 2.40. The number of hydrogen-bond donors (Lipinski definition) is 3. The van der Waals surface area contributed by atoms with E-state index < -0.39 is 5.63 Å². The van der Waals surface area contributed by atoms with Crippen LogP contribution in [0.2, 0.25) is 0 Å². The van der Waals surface area contributed by atoms with E-state index in [1.165, 1.54) is 24.3 Å². The van der Waals surface area contributed by atoms with Crippen LogP contribution >= 0.6 is 0 Å². The molecule has 0 aliphatic heterocycles. The highest BCUT2D eigenvalue weighted by Gasteiger charge is 2.11. The predicted molar refractivity (Wildman–Crippen MR) is 72.9 cm³/mol. The van der Waals surface area contributed by atoms with E-state index in [0.717, 1.165) is 6.07 Å². The zero-order valence-corrected chi connectivity index (χ0v) is 10.2. The van der Waals surface area contributed by atoms with Crippen molar-refractivity contribution in [3.05, 3.63) is 52.9 Å². The van der Waals surface area contributed by atoms with E-state index in [2.05, 4.69) is 0 Å². The van der Waals surface area contributed by atoms with Gasteiger partial charge in [0, 0.05) is 11.5 Å². The quantitative estimate of drug-likeness (QED) is 0.591. The van der Waals surface area contributed by atoms with Crippen molar-refractivity contribution < 1.29 is 19.7 Å². The van der Waals surface area contributed by atoms with Gasteiger partial charge >= 0.3 is 5.63 Å². The Morgan fingerprint density at radius 1 is 0.850 bits per heavy atom. The zero-order valence-electron chi connectivity index (χ0n) is 10.2. The van der Waals surface area contributed by atoms with Gasteiger partial charge in [-0.1, -0.05) is 12.1 Å². The van der Waals surface area contributed by atoms with Crippen LogP contribution in [-0.4, -0.2) is 15.3 Å². The molecule has 5 nitrogen and oxygen atoms in total. The molecule has 0 atom stereocenters. The normalized spacial score (nSPS) is 10.8. The Labute approximate surface area is 113 Å². The molecule has 3 aromatic rings. The summed E-state index contributed by atoms with van der Waals surface area (Å²) in [6.45, 7) is 0. The van der Waals surface area contributed by atoms with Crippen LogP contribution < -0.4 is 5.63 Å². The molecule has 1 heterocycles. The van der Waals surface area contributed by atoms with E-state index >= 15 is 0 Å². The molecule has 3 rings (SSSR count). The van der Waals surface area contributed by atoms with Crippen LogP contribution in [0.4, 0.5) is 0 Å². The van der Waals surface area contributed by atoms with Crippen molar-refractivity contribution >= 4 is 11.0 Å². The smallest absolute Gasteiger partial charge is 0.344 e. The standard InChI is InChI=1S/C15H10O5/c16-10-3-1-8(2-4-10)12-6-9-5-11(17)7-13(18)14(9)20-15(12)19/h1-7,16-18H. The third-order valence-electron chi connectivity index (χ3n) is 2.98. The lowest BCUT2D eigenvalue weighted by Gasteiger charge is -2.04. The minimum absolute atomic E-state index is 0.0235. The van der Waals surface area contributed by atoms with Crippen molar-refractivity contribution in [2.45, 2.75) is 0 Å². The SMILES string of the molecule is O=c1oc2c(O)cc(O)cc2cc1-c1ccc(O)cc1. The van der Waals surface area contributed by atoms with E-state index in [1.807, 2.05) is 0 Å². The van der Waals surface area contributed by atoms with Gasteiger partial charge in [-0.2, -0.15) is 0 Å². The van der Waals surface area contributed by atoms with E-state index in [-0.39, 0.29) is 28.4 Å². The van der Waals surface area contributed by atoms with Gasteiger partial charge in [0.2, 0.25) is 0 Å². The molecule has 0 spiro atoms. The molecule has 5 heteroatoms. The molecule has 0 amide bonds. The number of phenolic OH excluding ortho intramolecular Hbond substituents is 3. The third-order valence-corrected chi connectivity index (χ3v) is 2.98. The lowest BCUT2D eigenvalue weighted by molar-refractivity contribution is 0.441. The van der Waals surface area contributed by atoms with Gasteiger partial charge in [0.1, 0.15) is 11.5 Å². The molecular formula is C15H10O5. The lowest BCUT2D eigenvalue weighted by Crippen LogP contribution is -2.02. The number of fused-ring (bicyclic) bond motifs is 1. The molecule has 0 bridgehead atoms. The minimum Gasteiger partial charge on any atom is -0.508 e. The van der Waals surface area contributed by atoms with Gasteiger partial charge in [-0.3, -0.25) is 0 Å². The average molecular weight is 270 g/mol. The van der Waals surface area contributed by atoms with Crippen molar-refractivity contribution in [2.24, 2.45) is 0 Å². The van der Waals surface area contributed by atoms with Crippen molar-refractivity contribution in [3.63, 3.8) is 0 Å². The Bertz CT molecular complexity index is 847. The van der Waals surface area contributed by atoms with Crippen molar-refractivity contribution in [1.29, 1.82) is 0 Å². The summed E-state index contributed by atoms with van der Waals surface area (Å²) < 4.78 is 5.08. The number of phenols is 3. The van der Waals surface area contributed by atoms with Gasteiger partial charge in [0.15, 0.2) is 11.3 Å². The number of benzene rings is 2. The fourth-order valence-corrected chi connectivity index (χ4v) is 2.04. The van der Waals surface area contributed by atoms with E-state index in [1.54, 1.807) is 12.1 Å². The molecule has 0 aliphatic rings. The van der Waals surface area contributed by atoms with E-state index in [9.17, 15) is 20.1 Å². The molecule has 2 aromatic carbocycles. The van der Waals surface area contributed by atoms with Gasteiger partial charge in [-0.25, -0.2) is 4.79 Å². The summed E-state index contributed by atoms with van der Waals surface area (Å²) in [5.41, 5.74) is 0.267. The molecule has 0 unspecified atom stereocenters. The summed E-state index contributed by atoms with van der Waals surface area (Å²) in [7, 11) is 0. The molecule has 0 radical (unpaired) electrons. The third kappa shape index (κ3) is 1.95. The predicted octanol–water partition coefficient (Wildman–Crippen LogP) is 2.58. The van der Waals surface area contributed by atoms with Crippen molar-refractivity contribution in [1.82, 2.24) is 0 Å². The monoisotopic (exact) mass is 270 g/mol. The van der Waals surface area contributed by atoms with Crippen LogP contribution in [0.1, 0.15) is 0 Å². The Morgan fingerprint density at radius 3 is 2.25 bits per heavy atom. The minimum atomic E-state index is -0.607. The Balaban J connectivity index is 2.29. The van der Waals surface area contributed by atoms with E-state index in [4.69, 9.17) is 4.42 Å². The van der Waals surface area contributed by atoms with Crippen LogP contribution in [0, 0.1) is 0 Å². The van der Waals surface area contributed by atoms with Crippen molar-refractivity contribution in [2.75, 3.05) is 0 Å². The molecule has 100 valence electrons. The molecule has 20 heavy (non-hydrogen) atoms. The summed E-state index contributed by atoms with van der Waals surface area (Å²) in [5.74, 6) is -0.330. The fraction of sp³-hybridized carbons (Fsp3) is 0. The van der Waals surface area contributed by atoms with Crippen LogP contribution in [0.25, 0.3) is 22.1 Å². The van der Waals surface area contributed by atoms with Gasteiger partial charge in [0.25, 0.3) is 0 Å². The molecule has 1 aromatic heterocycles. The first-order valence-corrected chi connectivity index (χ1v) is 5.84. The van der Waals surface area contributed by atoms with Crippen LogP contribution in [0.5, 0.6) is 17.2 Å². The molecule has 0 saturated carbocycles. The molecule has 0 fully saturated rings. The second-order valence-electron chi connectivity index (χ2n) is 4.38.